The van der Waals surface area contributed by atoms with E-state index in [2.05, 4.69) is 39.4 Å². The second kappa shape index (κ2) is 7.35. The van der Waals surface area contributed by atoms with Crippen molar-refractivity contribution >= 4 is 11.6 Å². The molecule has 1 fully saturated rings. The molecule has 3 heterocycles. The molecule has 1 saturated carbocycles. The van der Waals surface area contributed by atoms with Gasteiger partial charge in [0.15, 0.2) is 5.65 Å². The van der Waals surface area contributed by atoms with E-state index in [1.54, 1.807) is 4.52 Å². The van der Waals surface area contributed by atoms with Crippen LogP contribution >= 0.6 is 0 Å². The van der Waals surface area contributed by atoms with E-state index in [1.807, 2.05) is 19.2 Å². The molecule has 0 spiro atoms. The Kier molecular flexibility index (Phi) is 4.89. The smallest absolute Gasteiger partial charge is 0.269 e. The van der Waals surface area contributed by atoms with E-state index in [4.69, 9.17) is 0 Å². The van der Waals surface area contributed by atoms with Crippen molar-refractivity contribution in [3.05, 3.63) is 35.4 Å². The number of aromatic nitrogens is 5. The Morgan fingerprint density at radius 2 is 2.07 bits per heavy atom. The summed E-state index contributed by atoms with van der Waals surface area (Å²) in [6.07, 6.45) is 6.23. The van der Waals surface area contributed by atoms with Gasteiger partial charge in [-0.15, -0.1) is 0 Å². The van der Waals surface area contributed by atoms with Crippen LogP contribution in [-0.2, 0) is 0 Å². The van der Waals surface area contributed by atoms with Gasteiger partial charge in [0.1, 0.15) is 12.0 Å². The van der Waals surface area contributed by atoms with Crippen LogP contribution in [0.15, 0.2) is 18.6 Å². The molecule has 3 aromatic heterocycles. The SMILES string of the molecule is Cc1cc(-c2n[nH]c(C(=O)NC3CCC(O)CC3)c2C(C)C)cn2ncnc12. The molecule has 3 aromatic rings. The predicted molar refractivity (Wildman–Crippen MR) is 105 cm³/mol. The first-order valence-corrected chi connectivity index (χ1v) is 9.81. The number of aromatic amines is 1. The number of hydrogen-bond donors (Lipinski definition) is 3. The van der Waals surface area contributed by atoms with E-state index in [9.17, 15) is 9.90 Å². The van der Waals surface area contributed by atoms with Crippen molar-refractivity contribution in [2.24, 2.45) is 0 Å². The van der Waals surface area contributed by atoms with Crippen molar-refractivity contribution in [2.45, 2.75) is 64.5 Å². The number of fused-ring (bicyclic) bond motifs is 1. The number of carbonyl (C=O) groups is 1. The molecule has 3 N–H and O–H groups in total. The maximum absolute atomic E-state index is 12.9. The first-order chi connectivity index (χ1) is 13.4. The number of H-pyrrole nitrogens is 1. The van der Waals surface area contributed by atoms with Crippen LogP contribution in [0.3, 0.4) is 0 Å². The monoisotopic (exact) mass is 382 g/mol. The van der Waals surface area contributed by atoms with Crippen LogP contribution in [-0.4, -0.2) is 48.0 Å². The number of aliphatic hydroxyl groups excluding tert-OH is 1. The highest BCUT2D eigenvalue weighted by Crippen LogP contribution is 2.31. The van der Waals surface area contributed by atoms with Crippen molar-refractivity contribution < 1.29 is 9.90 Å². The summed E-state index contributed by atoms with van der Waals surface area (Å²) in [5.74, 6) is -0.0168. The number of hydrogen-bond acceptors (Lipinski definition) is 5. The van der Waals surface area contributed by atoms with Gasteiger partial charge in [0, 0.05) is 23.4 Å². The highest BCUT2D eigenvalue weighted by atomic mass is 16.3. The summed E-state index contributed by atoms with van der Waals surface area (Å²) in [7, 11) is 0. The van der Waals surface area contributed by atoms with Gasteiger partial charge in [-0.3, -0.25) is 9.89 Å². The molecular formula is C20H26N6O2. The van der Waals surface area contributed by atoms with E-state index in [0.717, 1.165) is 53.7 Å². The molecule has 0 aliphatic heterocycles. The fourth-order valence-corrected chi connectivity index (χ4v) is 4.01. The van der Waals surface area contributed by atoms with Crippen molar-refractivity contribution in [1.82, 2.24) is 30.1 Å². The molecule has 4 rings (SSSR count). The summed E-state index contributed by atoms with van der Waals surface area (Å²) < 4.78 is 1.73. The number of amides is 1. The Hall–Kier alpha value is -2.74. The summed E-state index contributed by atoms with van der Waals surface area (Å²) in [5.41, 5.74) is 4.87. The Morgan fingerprint density at radius 3 is 2.79 bits per heavy atom. The first kappa shape index (κ1) is 18.6. The average molecular weight is 382 g/mol. The van der Waals surface area contributed by atoms with Crippen LogP contribution in [0.5, 0.6) is 0 Å². The van der Waals surface area contributed by atoms with Gasteiger partial charge < -0.3 is 10.4 Å². The van der Waals surface area contributed by atoms with Crippen LogP contribution in [0.4, 0.5) is 0 Å². The van der Waals surface area contributed by atoms with Crippen LogP contribution in [0, 0.1) is 6.92 Å². The van der Waals surface area contributed by atoms with Crippen molar-refractivity contribution in [1.29, 1.82) is 0 Å². The van der Waals surface area contributed by atoms with Gasteiger partial charge in [0.05, 0.1) is 11.8 Å². The molecule has 0 unspecified atom stereocenters. The van der Waals surface area contributed by atoms with E-state index in [-0.39, 0.29) is 24.0 Å². The highest BCUT2D eigenvalue weighted by Gasteiger charge is 2.26. The third kappa shape index (κ3) is 3.40. The molecule has 1 amide bonds. The highest BCUT2D eigenvalue weighted by molar-refractivity contribution is 5.96. The second-order valence-corrected chi connectivity index (χ2v) is 7.93. The molecule has 8 heteroatoms. The number of aliphatic hydroxyl groups is 1. The molecule has 0 aromatic carbocycles. The van der Waals surface area contributed by atoms with Gasteiger partial charge in [-0.2, -0.15) is 10.2 Å². The number of rotatable bonds is 4. The number of nitrogens with zero attached hydrogens (tertiary/aromatic N) is 4. The zero-order valence-corrected chi connectivity index (χ0v) is 16.4. The Balaban J connectivity index is 1.66. The third-order valence-corrected chi connectivity index (χ3v) is 5.47. The predicted octanol–water partition coefficient (Wildman–Crippen LogP) is 2.58. The van der Waals surface area contributed by atoms with Crippen LogP contribution in [0.1, 0.15) is 67.1 Å². The molecule has 1 aliphatic rings. The largest absolute Gasteiger partial charge is 0.393 e. The second-order valence-electron chi connectivity index (χ2n) is 7.93. The van der Waals surface area contributed by atoms with Crippen LogP contribution < -0.4 is 5.32 Å². The lowest BCUT2D eigenvalue weighted by Crippen LogP contribution is -2.39. The minimum absolute atomic E-state index is 0.0939. The molecule has 1 aliphatic carbocycles. The zero-order valence-electron chi connectivity index (χ0n) is 16.4. The molecule has 148 valence electrons. The lowest BCUT2D eigenvalue weighted by Gasteiger charge is -2.26. The average Bonchev–Trinajstić information content (AvgIpc) is 3.30. The fraction of sp³-hybridized carbons (Fsp3) is 0.500. The summed E-state index contributed by atoms with van der Waals surface area (Å²) in [6.45, 7) is 6.10. The molecule has 0 saturated heterocycles. The Bertz CT molecular complexity index is 997. The van der Waals surface area contributed by atoms with E-state index in [0.29, 0.717) is 5.69 Å². The van der Waals surface area contributed by atoms with Gasteiger partial charge in [0.2, 0.25) is 0 Å². The molecule has 0 bridgehead atoms. The van der Waals surface area contributed by atoms with Crippen LogP contribution in [0.25, 0.3) is 16.9 Å². The summed E-state index contributed by atoms with van der Waals surface area (Å²) in [4.78, 5) is 17.2. The van der Waals surface area contributed by atoms with Gasteiger partial charge >= 0.3 is 0 Å². The number of aryl methyl sites for hydroxylation is 1. The maximum atomic E-state index is 12.9. The molecule has 0 atom stereocenters. The lowest BCUT2D eigenvalue weighted by molar-refractivity contribution is 0.0862. The standard InChI is InChI=1S/C20H26N6O2/c1-11(2)16-17(13-8-12(3)19-21-10-22-26(19)9-13)24-25-18(16)20(28)23-14-4-6-15(27)7-5-14/h8-11,14-15,27H,4-7H2,1-3H3,(H,23,28)(H,24,25). The van der Waals surface area contributed by atoms with E-state index in [1.165, 1.54) is 6.33 Å². The van der Waals surface area contributed by atoms with Crippen LogP contribution in [0.2, 0.25) is 0 Å². The van der Waals surface area contributed by atoms with Gasteiger partial charge in [0.25, 0.3) is 5.91 Å². The lowest BCUT2D eigenvalue weighted by atomic mass is 9.92. The maximum Gasteiger partial charge on any atom is 0.269 e. The fourth-order valence-electron chi connectivity index (χ4n) is 4.01. The molecule has 0 radical (unpaired) electrons. The first-order valence-electron chi connectivity index (χ1n) is 9.81. The number of carbonyl (C=O) groups excluding carboxylic acids is 1. The topological polar surface area (TPSA) is 108 Å². The molecule has 28 heavy (non-hydrogen) atoms. The van der Waals surface area contributed by atoms with E-state index < -0.39 is 0 Å². The van der Waals surface area contributed by atoms with Crippen molar-refractivity contribution in [3.63, 3.8) is 0 Å². The van der Waals surface area contributed by atoms with Crippen molar-refractivity contribution in [2.75, 3.05) is 0 Å². The third-order valence-electron chi connectivity index (χ3n) is 5.47. The van der Waals surface area contributed by atoms with Gasteiger partial charge in [-0.05, 0) is 50.2 Å². The van der Waals surface area contributed by atoms with E-state index >= 15 is 0 Å². The number of nitrogens with one attached hydrogen (secondary N) is 2. The summed E-state index contributed by atoms with van der Waals surface area (Å²) in [6, 6.07) is 2.12. The quantitative estimate of drug-likeness (QED) is 0.643. The van der Waals surface area contributed by atoms with Gasteiger partial charge in [-0.1, -0.05) is 13.8 Å². The zero-order chi connectivity index (χ0) is 19.8. The molecular weight excluding hydrogens is 356 g/mol. The minimum atomic E-state index is -0.243. The minimum Gasteiger partial charge on any atom is -0.393 e. The molecule has 8 nitrogen and oxygen atoms in total. The van der Waals surface area contributed by atoms with Gasteiger partial charge in [-0.25, -0.2) is 9.50 Å². The summed E-state index contributed by atoms with van der Waals surface area (Å²) in [5, 5.41) is 24.4. The summed E-state index contributed by atoms with van der Waals surface area (Å²) >= 11 is 0. The normalized spacial score (nSPS) is 20.0. The Morgan fingerprint density at radius 1 is 1.32 bits per heavy atom. The van der Waals surface area contributed by atoms with Crippen molar-refractivity contribution in [3.8, 4) is 11.3 Å². The Labute approximate surface area is 163 Å². The number of pyridine rings is 1.